The molecule has 3 unspecified atom stereocenters. The topological polar surface area (TPSA) is 78.9 Å². The van der Waals surface area contributed by atoms with Crippen LogP contribution in [0.2, 0.25) is 0 Å². The van der Waals surface area contributed by atoms with Crippen LogP contribution in [0.25, 0.3) is 0 Å². The summed E-state index contributed by atoms with van der Waals surface area (Å²) in [5.41, 5.74) is 0. The van der Waals surface area contributed by atoms with Crippen LogP contribution >= 0.6 is 0 Å². The van der Waals surface area contributed by atoms with Gasteiger partial charge in [0, 0.05) is 19.0 Å². The molecule has 0 spiro atoms. The molecule has 1 rings (SSSR count). The number of nitrogens with zero attached hydrogens (tertiary/aromatic N) is 1. The van der Waals surface area contributed by atoms with Crippen LogP contribution in [0.4, 0.5) is 0 Å². The average molecular weight is 300 g/mol. The van der Waals surface area contributed by atoms with E-state index in [1.165, 1.54) is 7.11 Å². The van der Waals surface area contributed by atoms with Crippen molar-refractivity contribution in [1.29, 1.82) is 0 Å². The van der Waals surface area contributed by atoms with Gasteiger partial charge < -0.3 is 15.2 Å². The Morgan fingerprint density at radius 2 is 2.00 bits per heavy atom. The minimum atomic E-state index is -0.583. The zero-order valence-corrected chi connectivity index (χ0v) is 13.5. The average Bonchev–Trinajstić information content (AvgIpc) is 2.76. The molecular formula is C15H28N2O4. The predicted molar refractivity (Wildman–Crippen MR) is 79.7 cm³/mol. The number of ether oxygens (including phenoxy) is 1. The van der Waals surface area contributed by atoms with Crippen molar-refractivity contribution in [2.75, 3.05) is 20.2 Å². The summed E-state index contributed by atoms with van der Waals surface area (Å²) < 4.78 is 4.72. The Hall–Kier alpha value is -1.14. The zero-order valence-electron chi connectivity index (χ0n) is 13.5. The number of amides is 1. The maximum Gasteiger partial charge on any atom is 0.323 e. The Balaban J connectivity index is 2.43. The number of methoxy groups -OCH3 is 1. The van der Waals surface area contributed by atoms with Crippen LogP contribution in [0.3, 0.4) is 0 Å². The smallest absolute Gasteiger partial charge is 0.323 e. The van der Waals surface area contributed by atoms with E-state index in [-0.39, 0.29) is 18.5 Å². The molecule has 1 aliphatic heterocycles. The summed E-state index contributed by atoms with van der Waals surface area (Å²) >= 11 is 0. The van der Waals surface area contributed by atoms with E-state index < -0.39 is 18.1 Å². The number of aliphatic hydroxyl groups is 1. The van der Waals surface area contributed by atoms with E-state index in [1.807, 2.05) is 6.92 Å². The van der Waals surface area contributed by atoms with Gasteiger partial charge in [-0.15, -0.1) is 0 Å². The second-order valence-electron chi connectivity index (χ2n) is 6.30. The lowest BCUT2D eigenvalue weighted by molar-refractivity contribution is -0.146. The summed E-state index contributed by atoms with van der Waals surface area (Å²) in [5.74, 6) is 0.100. The van der Waals surface area contributed by atoms with E-state index >= 15 is 0 Å². The molecule has 1 heterocycles. The van der Waals surface area contributed by atoms with Gasteiger partial charge in [0.25, 0.3) is 0 Å². The van der Waals surface area contributed by atoms with E-state index in [2.05, 4.69) is 19.2 Å². The van der Waals surface area contributed by atoms with Gasteiger partial charge in [-0.05, 0) is 25.7 Å². The van der Waals surface area contributed by atoms with Gasteiger partial charge >= 0.3 is 5.97 Å². The largest absolute Gasteiger partial charge is 0.468 e. The molecule has 0 aromatic rings. The van der Waals surface area contributed by atoms with Crippen LogP contribution in [0.15, 0.2) is 0 Å². The standard InChI is InChI=1S/C15H28N2O4/c1-10(2)5-6-11(3)16-14(19)9-17-8-12(18)7-13(17)15(20)21-4/h10-13,18H,5-9H2,1-4H3,(H,16,19). The highest BCUT2D eigenvalue weighted by Gasteiger charge is 2.37. The lowest BCUT2D eigenvalue weighted by Gasteiger charge is -2.22. The Morgan fingerprint density at radius 1 is 1.33 bits per heavy atom. The van der Waals surface area contributed by atoms with Crippen LogP contribution < -0.4 is 5.32 Å². The highest BCUT2D eigenvalue weighted by atomic mass is 16.5. The summed E-state index contributed by atoms with van der Waals surface area (Å²) in [5, 5.41) is 12.6. The first kappa shape index (κ1) is 17.9. The number of hydrogen-bond donors (Lipinski definition) is 2. The number of rotatable bonds is 7. The fraction of sp³-hybridized carbons (Fsp3) is 0.867. The van der Waals surface area contributed by atoms with E-state index in [1.54, 1.807) is 4.90 Å². The summed E-state index contributed by atoms with van der Waals surface area (Å²) in [4.78, 5) is 25.4. The molecule has 2 N–H and O–H groups in total. The van der Waals surface area contributed by atoms with Crippen molar-refractivity contribution >= 4 is 11.9 Å². The third-order valence-electron chi connectivity index (χ3n) is 3.79. The number of hydrogen-bond acceptors (Lipinski definition) is 5. The summed E-state index contributed by atoms with van der Waals surface area (Å²) in [6.07, 6.45) is 1.74. The normalized spacial score (nSPS) is 24.1. The van der Waals surface area contributed by atoms with Gasteiger partial charge in [-0.1, -0.05) is 13.8 Å². The first-order valence-corrected chi connectivity index (χ1v) is 7.62. The van der Waals surface area contributed by atoms with Gasteiger partial charge in [0.1, 0.15) is 6.04 Å². The van der Waals surface area contributed by atoms with Gasteiger partial charge in [0.2, 0.25) is 5.91 Å². The molecule has 0 aromatic carbocycles. The molecule has 0 radical (unpaired) electrons. The monoisotopic (exact) mass is 300 g/mol. The van der Waals surface area contributed by atoms with Gasteiger partial charge in [-0.25, -0.2) is 0 Å². The summed E-state index contributed by atoms with van der Waals surface area (Å²) in [7, 11) is 1.32. The van der Waals surface area contributed by atoms with Crippen molar-refractivity contribution in [3.05, 3.63) is 0 Å². The van der Waals surface area contributed by atoms with Crippen molar-refractivity contribution in [2.24, 2.45) is 5.92 Å². The van der Waals surface area contributed by atoms with E-state index in [0.717, 1.165) is 12.8 Å². The SMILES string of the molecule is COC(=O)C1CC(O)CN1CC(=O)NC(C)CCC(C)C. The highest BCUT2D eigenvalue weighted by Crippen LogP contribution is 2.18. The third-order valence-corrected chi connectivity index (χ3v) is 3.79. The van der Waals surface area contributed by atoms with Crippen molar-refractivity contribution in [3.63, 3.8) is 0 Å². The van der Waals surface area contributed by atoms with Crippen LogP contribution in [0, 0.1) is 5.92 Å². The number of β-amino-alcohol motifs (C(OH)–C–C–N with tert-alkyl or cyclic N) is 1. The second-order valence-corrected chi connectivity index (χ2v) is 6.30. The number of aliphatic hydroxyl groups excluding tert-OH is 1. The quantitative estimate of drug-likeness (QED) is 0.671. The van der Waals surface area contributed by atoms with Gasteiger partial charge in [-0.2, -0.15) is 0 Å². The molecule has 21 heavy (non-hydrogen) atoms. The van der Waals surface area contributed by atoms with E-state index in [0.29, 0.717) is 18.9 Å². The van der Waals surface area contributed by atoms with Crippen LogP contribution in [-0.4, -0.2) is 60.3 Å². The lowest BCUT2D eigenvalue weighted by Crippen LogP contribution is -2.45. The number of carbonyl (C=O) groups excluding carboxylic acids is 2. The van der Waals surface area contributed by atoms with Crippen molar-refractivity contribution < 1.29 is 19.4 Å². The Bertz CT molecular complexity index is 360. The van der Waals surface area contributed by atoms with Crippen molar-refractivity contribution in [2.45, 2.75) is 58.2 Å². The highest BCUT2D eigenvalue weighted by molar-refractivity contribution is 5.81. The second kappa shape index (κ2) is 8.34. The lowest BCUT2D eigenvalue weighted by atomic mass is 10.0. The molecule has 0 aliphatic carbocycles. The molecule has 0 aromatic heterocycles. The maximum atomic E-state index is 12.0. The Labute approximate surface area is 126 Å². The van der Waals surface area contributed by atoms with Crippen molar-refractivity contribution in [1.82, 2.24) is 10.2 Å². The van der Waals surface area contributed by atoms with Crippen LogP contribution in [0.5, 0.6) is 0 Å². The molecule has 1 aliphatic rings. The van der Waals surface area contributed by atoms with Gasteiger partial charge in [-0.3, -0.25) is 14.5 Å². The molecule has 0 saturated carbocycles. The first-order valence-electron chi connectivity index (χ1n) is 7.62. The van der Waals surface area contributed by atoms with Gasteiger partial charge in [0.15, 0.2) is 0 Å². The molecular weight excluding hydrogens is 272 g/mol. The number of likely N-dealkylation sites (tertiary alicyclic amines) is 1. The molecule has 6 nitrogen and oxygen atoms in total. The van der Waals surface area contributed by atoms with Gasteiger partial charge in [0.05, 0.1) is 19.8 Å². The summed E-state index contributed by atoms with van der Waals surface area (Å²) in [6.45, 7) is 6.73. The predicted octanol–water partition coefficient (Wildman–Crippen LogP) is 0.536. The minimum absolute atomic E-state index is 0.114. The van der Waals surface area contributed by atoms with E-state index in [9.17, 15) is 14.7 Å². The molecule has 0 bridgehead atoms. The molecule has 1 amide bonds. The third kappa shape index (κ3) is 6.01. The first-order chi connectivity index (χ1) is 9.83. The molecule has 3 atom stereocenters. The number of nitrogens with one attached hydrogen (secondary N) is 1. The van der Waals surface area contributed by atoms with Crippen LogP contribution in [-0.2, 0) is 14.3 Å². The Morgan fingerprint density at radius 3 is 2.57 bits per heavy atom. The molecule has 1 fully saturated rings. The maximum absolute atomic E-state index is 12.0. The number of esters is 1. The number of carbonyl (C=O) groups is 2. The fourth-order valence-electron chi connectivity index (χ4n) is 2.60. The van der Waals surface area contributed by atoms with Crippen molar-refractivity contribution in [3.8, 4) is 0 Å². The van der Waals surface area contributed by atoms with E-state index in [4.69, 9.17) is 4.74 Å². The molecule has 6 heteroatoms. The fourth-order valence-corrected chi connectivity index (χ4v) is 2.60. The minimum Gasteiger partial charge on any atom is -0.468 e. The molecule has 1 saturated heterocycles. The van der Waals surface area contributed by atoms with Crippen LogP contribution in [0.1, 0.15) is 40.0 Å². The zero-order chi connectivity index (χ0) is 16.0. The Kier molecular flexibility index (Phi) is 7.11. The molecule has 122 valence electrons. The summed E-state index contributed by atoms with van der Waals surface area (Å²) in [6, 6.07) is -0.411.